The fraction of sp³-hybridized carbons (Fsp3) is 0.500. The molecular formula is C12H18O. The molecule has 1 heteroatoms. The van der Waals surface area contributed by atoms with Crippen molar-refractivity contribution in [1.82, 2.24) is 0 Å². The third-order valence-electron chi connectivity index (χ3n) is 2.01. The van der Waals surface area contributed by atoms with Crippen LogP contribution in [0.5, 0.6) is 5.75 Å². The minimum atomic E-state index is 0.845. The Morgan fingerprint density at radius 2 is 2.08 bits per heavy atom. The number of rotatable bonds is 5. The molecule has 0 amide bonds. The number of aryl methyl sites for hydroxylation is 1. The summed E-state index contributed by atoms with van der Waals surface area (Å²) < 4.78 is 5.59. The van der Waals surface area contributed by atoms with Gasteiger partial charge in [-0.1, -0.05) is 31.9 Å². The second-order valence-electron chi connectivity index (χ2n) is 3.37. The molecule has 0 radical (unpaired) electrons. The van der Waals surface area contributed by atoms with Crippen LogP contribution in [0.25, 0.3) is 0 Å². The normalized spacial score (nSPS) is 10.0. The first-order valence-corrected chi connectivity index (χ1v) is 5.02. The van der Waals surface area contributed by atoms with E-state index in [2.05, 4.69) is 26.0 Å². The SMILES string of the molecule is CCCCCOc1cccc(C)c1. The summed E-state index contributed by atoms with van der Waals surface area (Å²) in [6.07, 6.45) is 3.66. The quantitative estimate of drug-likeness (QED) is 0.626. The zero-order valence-electron chi connectivity index (χ0n) is 8.55. The maximum Gasteiger partial charge on any atom is 0.119 e. The van der Waals surface area contributed by atoms with E-state index in [1.807, 2.05) is 12.1 Å². The molecule has 0 spiro atoms. The number of hydrogen-bond acceptors (Lipinski definition) is 1. The lowest BCUT2D eigenvalue weighted by molar-refractivity contribution is 0.306. The van der Waals surface area contributed by atoms with Crippen LogP contribution in [-0.4, -0.2) is 6.61 Å². The zero-order chi connectivity index (χ0) is 9.52. The maximum atomic E-state index is 5.59. The van der Waals surface area contributed by atoms with Gasteiger partial charge in [-0.2, -0.15) is 0 Å². The van der Waals surface area contributed by atoms with Crippen molar-refractivity contribution in [2.75, 3.05) is 6.61 Å². The first-order valence-electron chi connectivity index (χ1n) is 5.02. The summed E-state index contributed by atoms with van der Waals surface area (Å²) in [6, 6.07) is 8.20. The molecule has 0 heterocycles. The van der Waals surface area contributed by atoms with Gasteiger partial charge in [-0.3, -0.25) is 0 Å². The average Bonchev–Trinajstić information content (AvgIpc) is 2.13. The third-order valence-corrected chi connectivity index (χ3v) is 2.01. The van der Waals surface area contributed by atoms with Crippen molar-refractivity contribution in [2.45, 2.75) is 33.1 Å². The highest BCUT2D eigenvalue weighted by molar-refractivity contribution is 5.27. The zero-order valence-corrected chi connectivity index (χ0v) is 8.55. The first-order chi connectivity index (χ1) is 6.33. The third kappa shape index (κ3) is 3.97. The minimum absolute atomic E-state index is 0.845. The molecule has 13 heavy (non-hydrogen) atoms. The Kier molecular flexibility index (Phi) is 4.37. The van der Waals surface area contributed by atoms with Crippen LogP contribution >= 0.6 is 0 Å². The van der Waals surface area contributed by atoms with Crippen LogP contribution in [0.1, 0.15) is 31.7 Å². The summed E-state index contributed by atoms with van der Waals surface area (Å²) in [5.41, 5.74) is 1.26. The Morgan fingerprint density at radius 3 is 2.77 bits per heavy atom. The van der Waals surface area contributed by atoms with Crippen LogP contribution in [0.3, 0.4) is 0 Å². The number of benzene rings is 1. The fourth-order valence-corrected chi connectivity index (χ4v) is 1.25. The van der Waals surface area contributed by atoms with Gasteiger partial charge in [-0.15, -0.1) is 0 Å². The average molecular weight is 178 g/mol. The topological polar surface area (TPSA) is 9.23 Å². The number of unbranched alkanes of at least 4 members (excludes halogenated alkanes) is 2. The van der Waals surface area contributed by atoms with E-state index in [4.69, 9.17) is 4.74 Å². The highest BCUT2D eigenvalue weighted by atomic mass is 16.5. The second-order valence-corrected chi connectivity index (χ2v) is 3.37. The molecule has 0 aliphatic carbocycles. The van der Waals surface area contributed by atoms with Gasteiger partial charge in [0.1, 0.15) is 5.75 Å². The van der Waals surface area contributed by atoms with Gasteiger partial charge in [0.15, 0.2) is 0 Å². The van der Waals surface area contributed by atoms with Gasteiger partial charge < -0.3 is 4.74 Å². The van der Waals surface area contributed by atoms with Crippen molar-refractivity contribution >= 4 is 0 Å². The lowest BCUT2D eigenvalue weighted by atomic mass is 10.2. The van der Waals surface area contributed by atoms with Crippen molar-refractivity contribution < 1.29 is 4.74 Å². The lowest BCUT2D eigenvalue weighted by Crippen LogP contribution is -1.96. The van der Waals surface area contributed by atoms with E-state index >= 15 is 0 Å². The van der Waals surface area contributed by atoms with E-state index in [-0.39, 0.29) is 0 Å². The largest absolute Gasteiger partial charge is 0.494 e. The smallest absolute Gasteiger partial charge is 0.119 e. The van der Waals surface area contributed by atoms with Gasteiger partial charge >= 0.3 is 0 Å². The van der Waals surface area contributed by atoms with Crippen molar-refractivity contribution in [2.24, 2.45) is 0 Å². The van der Waals surface area contributed by atoms with Gasteiger partial charge in [-0.05, 0) is 31.0 Å². The molecule has 1 aromatic carbocycles. The highest BCUT2D eigenvalue weighted by Crippen LogP contribution is 2.12. The Labute approximate surface area is 80.7 Å². The van der Waals surface area contributed by atoms with E-state index in [0.29, 0.717) is 0 Å². The van der Waals surface area contributed by atoms with E-state index in [1.165, 1.54) is 18.4 Å². The molecule has 0 aromatic heterocycles. The molecular weight excluding hydrogens is 160 g/mol. The molecule has 72 valence electrons. The molecule has 1 nitrogen and oxygen atoms in total. The van der Waals surface area contributed by atoms with Crippen molar-refractivity contribution in [3.8, 4) is 5.75 Å². The first kappa shape index (κ1) is 10.1. The number of hydrogen-bond donors (Lipinski definition) is 0. The highest BCUT2D eigenvalue weighted by Gasteiger charge is 1.92. The molecule has 0 fully saturated rings. The van der Waals surface area contributed by atoms with Crippen molar-refractivity contribution in [1.29, 1.82) is 0 Å². The molecule has 0 saturated carbocycles. The molecule has 0 saturated heterocycles. The van der Waals surface area contributed by atoms with Gasteiger partial charge in [0.25, 0.3) is 0 Å². The van der Waals surface area contributed by atoms with E-state index in [0.717, 1.165) is 18.8 Å². The maximum absolute atomic E-state index is 5.59. The summed E-state index contributed by atoms with van der Waals surface area (Å²) in [7, 11) is 0. The van der Waals surface area contributed by atoms with Gasteiger partial charge in [0, 0.05) is 0 Å². The van der Waals surface area contributed by atoms with Crippen LogP contribution in [0.4, 0.5) is 0 Å². The minimum Gasteiger partial charge on any atom is -0.494 e. The van der Waals surface area contributed by atoms with Gasteiger partial charge in [0.2, 0.25) is 0 Å². The molecule has 0 aliphatic heterocycles. The molecule has 1 aromatic rings. The monoisotopic (exact) mass is 178 g/mol. The standard InChI is InChI=1S/C12H18O/c1-3-4-5-9-13-12-8-6-7-11(2)10-12/h6-8,10H,3-5,9H2,1-2H3. The van der Waals surface area contributed by atoms with E-state index in [1.54, 1.807) is 0 Å². The van der Waals surface area contributed by atoms with E-state index in [9.17, 15) is 0 Å². The molecule has 0 aliphatic rings. The molecule has 0 N–H and O–H groups in total. The molecule has 0 unspecified atom stereocenters. The van der Waals surface area contributed by atoms with Crippen LogP contribution < -0.4 is 4.74 Å². The number of ether oxygens (including phenoxy) is 1. The molecule has 0 atom stereocenters. The second kappa shape index (κ2) is 5.63. The van der Waals surface area contributed by atoms with Gasteiger partial charge in [0.05, 0.1) is 6.61 Å². The Balaban J connectivity index is 2.28. The summed E-state index contributed by atoms with van der Waals surface area (Å²) in [6.45, 7) is 5.13. The Hall–Kier alpha value is -0.980. The van der Waals surface area contributed by atoms with Crippen LogP contribution in [0, 0.1) is 6.92 Å². The summed E-state index contributed by atoms with van der Waals surface area (Å²) in [5, 5.41) is 0. The molecule has 0 bridgehead atoms. The predicted octanol–water partition coefficient (Wildman–Crippen LogP) is 3.56. The summed E-state index contributed by atoms with van der Waals surface area (Å²) >= 11 is 0. The Bertz CT molecular complexity index is 243. The fourth-order valence-electron chi connectivity index (χ4n) is 1.25. The van der Waals surface area contributed by atoms with Crippen molar-refractivity contribution in [3.63, 3.8) is 0 Å². The van der Waals surface area contributed by atoms with Crippen LogP contribution in [-0.2, 0) is 0 Å². The van der Waals surface area contributed by atoms with Crippen LogP contribution in [0.15, 0.2) is 24.3 Å². The lowest BCUT2D eigenvalue weighted by Gasteiger charge is -2.05. The summed E-state index contributed by atoms with van der Waals surface area (Å²) in [5.74, 6) is 0.996. The van der Waals surface area contributed by atoms with Crippen molar-refractivity contribution in [3.05, 3.63) is 29.8 Å². The Morgan fingerprint density at radius 1 is 1.23 bits per heavy atom. The van der Waals surface area contributed by atoms with Crippen LogP contribution in [0.2, 0.25) is 0 Å². The molecule has 1 rings (SSSR count). The van der Waals surface area contributed by atoms with Gasteiger partial charge in [-0.25, -0.2) is 0 Å². The van der Waals surface area contributed by atoms with E-state index < -0.39 is 0 Å². The predicted molar refractivity (Wildman–Crippen MR) is 56.2 cm³/mol. The summed E-state index contributed by atoms with van der Waals surface area (Å²) in [4.78, 5) is 0.